The highest BCUT2D eigenvalue weighted by Crippen LogP contribution is 2.22. The van der Waals surface area contributed by atoms with Crippen molar-refractivity contribution in [3.8, 4) is 5.75 Å². The molecule has 0 aliphatic rings. The Bertz CT molecular complexity index is 446. The summed E-state index contributed by atoms with van der Waals surface area (Å²) in [5, 5.41) is 3.35. The van der Waals surface area contributed by atoms with Gasteiger partial charge in [-0.05, 0) is 37.6 Å². The average molecular weight is 292 g/mol. The number of carbonyl (C=O) groups excluding carboxylic acids is 1. The summed E-state index contributed by atoms with van der Waals surface area (Å²) in [7, 11) is 1.57. The second kappa shape index (κ2) is 9.40. The Kier molecular flexibility index (Phi) is 7.83. The SMILES string of the molecule is CCCCCCNC(CC)C(=O)c1ccc(OC)c(N)c1. The fourth-order valence-electron chi connectivity index (χ4n) is 2.34. The third-order valence-electron chi connectivity index (χ3n) is 3.66. The number of ether oxygens (including phenoxy) is 1. The van der Waals surface area contributed by atoms with Crippen LogP contribution in [0, 0.1) is 0 Å². The molecule has 1 rings (SSSR count). The molecule has 1 atom stereocenters. The predicted octanol–water partition coefficient (Wildman–Crippen LogP) is 3.41. The number of nitrogens with two attached hydrogens (primary N) is 1. The van der Waals surface area contributed by atoms with Gasteiger partial charge in [-0.2, -0.15) is 0 Å². The Morgan fingerprint density at radius 2 is 2.05 bits per heavy atom. The van der Waals surface area contributed by atoms with E-state index in [2.05, 4.69) is 12.2 Å². The summed E-state index contributed by atoms with van der Waals surface area (Å²) in [5.74, 6) is 0.703. The highest BCUT2D eigenvalue weighted by Gasteiger charge is 2.18. The summed E-state index contributed by atoms with van der Waals surface area (Å²) in [5.41, 5.74) is 7.01. The summed E-state index contributed by atoms with van der Waals surface area (Å²) in [4.78, 5) is 12.5. The van der Waals surface area contributed by atoms with Gasteiger partial charge < -0.3 is 15.8 Å². The zero-order valence-electron chi connectivity index (χ0n) is 13.4. The van der Waals surface area contributed by atoms with Crippen LogP contribution in [0.5, 0.6) is 5.75 Å². The molecule has 118 valence electrons. The van der Waals surface area contributed by atoms with Gasteiger partial charge >= 0.3 is 0 Å². The van der Waals surface area contributed by atoms with Crippen LogP contribution in [0.2, 0.25) is 0 Å². The second-order valence-corrected chi connectivity index (χ2v) is 5.30. The highest BCUT2D eigenvalue weighted by atomic mass is 16.5. The van der Waals surface area contributed by atoms with Crippen molar-refractivity contribution in [3.05, 3.63) is 23.8 Å². The van der Waals surface area contributed by atoms with Crippen molar-refractivity contribution in [1.29, 1.82) is 0 Å². The van der Waals surface area contributed by atoms with Crippen LogP contribution in [0.25, 0.3) is 0 Å². The van der Waals surface area contributed by atoms with E-state index in [4.69, 9.17) is 10.5 Å². The van der Waals surface area contributed by atoms with E-state index in [1.807, 2.05) is 6.92 Å². The Morgan fingerprint density at radius 3 is 2.62 bits per heavy atom. The molecule has 0 fully saturated rings. The van der Waals surface area contributed by atoms with E-state index in [1.54, 1.807) is 25.3 Å². The minimum atomic E-state index is -0.139. The molecule has 21 heavy (non-hydrogen) atoms. The molecular formula is C17H28N2O2. The number of nitrogen functional groups attached to an aromatic ring is 1. The molecule has 0 aromatic heterocycles. The summed E-state index contributed by atoms with van der Waals surface area (Å²) in [6, 6.07) is 5.08. The van der Waals surface area contributed by atoms with E-state index in [-0.39, 0.29) is 11.8 Å². The zero-order chi connectivity index (χ0) is 15.7. The van der Waals surface area contributed by atoms with Crippen molar-refractivity contribution in [2.75, 3.05) is 19.4 Å². The number of carbonyl (C=O) groups is 1. The highest BCUT2D eigenvalue weighted by molar-refractivity contribution is 6.01. The lowest BCUT2D eigenvalue weighted by Crippen LogP contribution is -2.36. The smallest absolute Gasteiger partial charge is 0.179 e. The number of hydrogen-bond donors (Lipinski definition) is 2. The van der Waals surface area contributed by atoms with Crippen LogP contribution in [-0.4, -0.2) is 25.5 Å². The minimum absolute atomic E-state index is 0.0994. The molecule has 0 saturated heterocycles. The molecule has 0 bridgehead atoms. The van der Waals surface area contributed by atoms with Crippen molar-refractivity contribution in [2.45, 2.75) is 52.0 Å². The molecule has 0 aliphatic heterocycles. The molecule has 1 aromatic rings. The first-order valence-electron chi connectivity index (χ1n) is 7.85. The number of anilines is 1. The largest absolute Gasteiger partial charge is 0.495 e. The van der Waals surface area contributed by atoms with Gasteiger partial charge in [0.25, 0.3) is 0 Å². The molecule has 3 N–H and O–H groups in total. The minimum Gasteiger partial charge on any atom is -0.495 e. The average Bonchev–Trinajstić information content (AvgIpc) is 2.50. The maximum absolute atomic E-state index is 12.5. The number of nitrogens with one attached hydrogen (secondary N) is 1. The van der Waals surface area contributed by atoms with E-state index in [9.17, 15) is 4.79 Å². The topological polar surface area (TPSA) is 64.3 Å². The quantitative estimate of drug-likeness (QED) is 0.394. The lowest BCUT2D eigenvalue weighted by molar-refractivity contribution is 0.0940. The van der Waals surface area contributed by atoms with Crippen LogP contribution in [-0.2, 0) is 0 Å². The van der Waals surface area contributed by atoms with E-state index in [0.717, 1.165) is 19.4 Å². The number of unbranched alkanes of at least 4 members (excludes halogenated alkanes) is 3. The molecule has 0 saturated carbocycles. The Morgan fingerprint density at radius 1 is 1.29 bits per heavy atom. The molecule has 0 amide bonds. The van der Waals surface area contributed by atoms with Gasteiger partial charge in [0.05, 0.1) is 18.8 Å². The van der Waals surface area contributed by atoms with Gasteiger partial charge in [0.2, 0.25) is 0 Å². The van der Waals surface area contributed by atoms with Gasteiger partial charge in [0.15, 0.2) is 5.78 Å². The van der Waals surface area contributed by atoms with Crippen molar-refractivity contribution < 1.29 is 9.53 Å². The molecule has 0 spiro atoms. The maximum Gasteiger partial charge on any atom is 0.179 e. The Labute approximate surface area is 128 Å². The number of rotatable bonds is 10. The normalized spacial score (nSPS) is 12.1. The molecule has 0 radical (unpaired) electrons. The number of Topliss-reactive ketones (excluding diaryl/α,β-unsaturated/α-hetero) is 1. The van der Waals surface area contributed by atoms with E-state index >= 15 is 0 Å². The van der Waals surface area contributed by atoms with E-state index in [0.29, 0.717) is 17.0 Å². The van der Waals surface area contributed by atoms with Crippen LogP contribution in [0.3, 0.4) is 0 Å². The van der Waals surface area contributed by atoms with Crippen LogP contribution in [0.15, 0.2) is 18.2 Å². The Balaban J connectivity index is 2.59. The zero-order valence-corrected chi connectivity index (χ0v) is 13.4. The molecule has 4 nitrogen and oxygen atoms in total. The van der Waals surface area contributed by atoms with Crippen molar-refractivity contribution in [3.63, 3.8) is 0 Å². The number of methoxy groups -OCH3 is 1. The van der Waals surface area contributed by atoms with Crippen molar-refractivity contribution in [1.82, 2.24) is 5.32 Å². The molecule has 0 aliphatic carbocycles. The van der Waals surface area contributed by atoms with Gasteiger partial charge in [-0.1, -0.05) is 33.1 Å². The van der Waals surface area contributed by atoms with Crippen LogP contribution in [0.4, 0.5) is 5.69 Å². The molecule has 0 heterocycles. The second-order valence-electron chi connectivity index (χ2n) is 5.30. The molecule has 1 aromatic carbocycles. The first-order chi connectivity index (χ1) is 10.1. The maximum atomic E-state index is 12.5. The number of hydrogen-bond acceptors (Lipinski definition) is 4. The standard InChI is InChI=1S/C17H28N2O2/c1-4-6-7-8-11-19-15(5-2)17(20)13-9-10-16(21-3)14(18)12-13/h9-10,12,15,19H,4-8,11,18H2,1-3H3. The monoisotopic (exact) mass is 292 g/mol. The molecule has 1 unspecified atom stereocenters. The summed E-state index contributed by atoms with van der Waals surface area (Å²) in [6.45, 7) is 5.10. The van der Waals surface area contributed by atoms with Crippen molar-refractivity contribution >= 4 is 11.5 Å². The third kappa shape index (κ3) is 5.38. The molecule has 4 heteroatoms. The third-order valence-corrected chi connectivity index (χ3v) is 3.66. The fraction of sp³-hybridized carbons (Fsp3) is 0.588. The first kappa shape index (κ1) is 17.5. The molecular weight excluding hydrogens is 264 g/mol. The lowest BCUT2D eigenvalue weighted by Gasteiger charge is -2.16. The predicted molar refractivity (Wildman–Crippen MR) is 88.0 cm³/mol. The van der Waals surface area contributed by atoms with Gasteiger partial charge in [-0.25, -0.2) is 0 Å². The van der Waals surface area contributed by atoms with Gasteiger partial charge in [-0.15, -0.1) is 0 Å². The lowest BCUT2D eigenvalue weighted by atomic mass is 10.0. The van der Waals surface area contributed by atoms with Gasteiger partial charge in [0, 0.05) is 5.56 Å². The van der Waals surface area contributed by atoms with Gasteiger partial charge in [-0.3, -0.25) is 4.79 Å². The van der Waals surface area contributed by atoms with Gasteiger partial charge in [0.1, 0.15) is 5.75 Å². The summed E-state index contributed by atoms with van der Waals surface area (Å²) >= 11 is 0. The Hall–Kier alpha value is -1.55. The first-order valence-corrected chi connectivity index (χ1v) is 7.85. The number of benzene rings is 1. The summed E-state index contributed by atoms with van der Waals surface area (Å²) < 4.78 is 5.12. The van der Waals surface area contributed by atoms with Crippen LogP contribution >= 0.6 is 0 Å². The van der Waals surface area contributed by atoms with E-state index < -0.39 is 0 Å². The van der Waals surface area contributed by atoms with Crippen LogP contribution < -0.4 is 15.8 Å². The van der Waals surface area contributed by atoms with E-state index in [1.165, 1.54) is 19.3 Å². The fourth-order valence-corrected chi connectivity index (χ4v) is 2.34. The number of ketones is 1. The van der Waals surface area contributed by atoms with Crippen LogP contribution in [0.1, 0.15) is 56.3 Å². The van der Waals surface area contributed by atoms with Crippen molar-refractivity contribution in [2.24, 2.45) is 0 Å². The summed E-state index contributed by atoms with van der Waals surface area (Å²) in [6.07, 6.45) is 5.58.